The van der Waals surface area contributed by atoms with Gasteiger partial charge in [-0.2, -0.15) is 0 Å². The standard InChI is InChI=1S/C11H21N3O4/c1-11(2,3)18-9(15)13-12-8-5-4-6-14(7-8)10(16)17/h8,12H,4-7H2,1-3H3,(H,13,15)(H,16,17). The van der Waals surface area contributed by atoms with Crippen molar-refractivity contribution in [1.82, 2.24) is 15.8 Å². The first-order chi connectivity index (χ1) is 8.28. The topological polar surface area (TPSA) is 90.9 Å². The number of amides is 2. The van der Waals surface area contributed by atoms with Gasteiger partial charge in [0.2, 0.25) is 0 Å². The number of nitrogens with zero attached hydrogens (tertiary/aromatic N) is 1. The first-order valence-corrected chi connectivity index (χ1v) is 6.00. The average molecular weight is 259 g/mol. The number of carboxylic acid groups (broad SMARTS) is 1. The third-order valence-electron chi connectivity index (χ3n) is 2.47. The Balaban J connectivity index is 2.31. The van der Waals surface area contributed by atoms with Gasteiger partial charge >= 0.3 is 12.2 Å². The molecule has 2 amide bonds. The third kappa shape index (κ3) is 5.22. The molecule has 0 bridgehead atoms. The van der Waals surface area contributed by atoms with Crippen molar-refractivity contribution in [3.05, 3.63) is 0 Å². The minimum absolute atomic E-state index is 0.0811. The van der Waals surface area contributed by atoms with Crippen molar-refractivity contribution in [2.75, 3.05) is 13.1 Å². The van der Waals surface area contributed by atoms with E-state index in [1.807, 2.05) is 0 Å². The summed E-state index contributed by atoms with van der Waals surface area (Å²) in [5.41, 5.74) is 4.69. The molecule has 104 valence electrons. The van der Waals surface area contributed by atoms with Crippen molar-refractivity contribution in [3.8, 4) is 0 Å². The summed E-state index contributed by atoms with van der Waals surface area (Å²) in [6, 6.07) is -0.0811. The Morgan fingerprint density at radius 2 is 2.06 bits per heavy atom. The molecule has 1 aliphatic heterocycles. The van der Waals surface area contributed by atoms with Gasteiger partial charge in [-0.15, -0.1) is 0 Å². The van der Waals surface area contributed by atoms with Gasteiger partial charge in [0.15, 0.2) is 0 Å². The van der Waals surface area contributed by atoms with E-state index in [-0.39, 0.29) is 6.04 Å². The second-order valence-corrected chi connectivity index (χ2v) is 5.34. The Bertz CT molecular complexity index is 314. The van der Waals surface area contributed by atoms with Gasteiger partial charge in [0, 0.05) is 19.1 Å². The summed E-state index contributed by atoms with van der Waals surface area (Å²) in [4.78, 5) is 23.5. The highest BCUT2D eigenvalue weighted by Crippen LogP contribution is 2.10. The first kappa shape index (κ1) is 14.6. The van der Waals surface area contributed by atoms with Crippen molar-refractivity contribution >= 4 is 12.2 Å². The number of nitrogens with one attached hydrogen (secondary N) is 2. The van der Waals surface area contributed by atoms with Gasteiger partial charge in [-0.3, -0.25) is 5.43 Å². The van der Waals surface area contributed by atoms with Crippen LogP contribution in [0.25, 0.3) is 0 Å². The zero-order valence-corrected chi connectivity index (χ0v) is 11.0. The van der Waals surface area contributed by atoms with E-state index < -0.39 is 17.8 Å². The lowest BCUT2D eigenvalue weighted by molar-refractivity contribution is 0.0474. The van der Waals surface area contributed by atoms with Crippen molar-refractivity contribution in [2.24, 2.45) is 0 Å². The Hall–Kier alpha value is -1.50. The molecule has 0 aromatic rings. The predicted octanol–water partition coefficient (Wildman–Crippen LogP) is 1.16. The van der Waals surface area contributed by atoms with Crippen LogP contribution >= 0.6 is 0 Å². The fourth-order valence-corrected chi connectivity index (χ4v) is 1.73. The maximum atomic E-state index is 11.4. The Morgan fingerprint density at radius 3 is 2.61 bits per heavy atom. The Morgan fingerprint density at radius 1 is 1.39 bits per heavy atom. The van der Waals surface area contributed by atoms with Crippen LogP contribution in [0.15, 0.2) is 0 Å². The van der Waals surface area contributed by atoms with Gasteiger partial charge in [0.05, 0.1) is 0 Å². The SMILES string of the molecule is CC(C)(C)OC(=O)NNC1CCCN(C(=O)O)C1. The van der Waals surface area contributed by atoms with Crippen LogP contribution in [0.3, 0.4) is 0 Å². The Labute approximate surface area is 106 Å². The number of rotatable bonds is 2. The van der Waals surface area contributed by atoms with Gasteiger partial charge in [-0.25, -0.2) is 15.0 Å². The van der Waals surface area contributed by atoms with Gasteiger partial charge in [-0.05, 0) is 33.6 Å². The van der Waals surface area contributed by atoms with Gasteiger partial charge in [0.1, 0.15) is 5.60 Å². The van der Waals surface area contributed by atoms with E-state index in [1.165, 1.54) is 4.90 Å². The lowest BCUT2D eigenvalue weighted by atomic mass is 10.1. The number of hydrogen-bond acceptors (Lipinski definition) is 4. The number of hydrazine groups is 1. The van der Waals surface area contributed by atoms with E-state index in [0.29, 0.717) is 13.1 Å². The van der Waals surface area contributed by atoms with E-state index in [9.17, 15) is 9.59 Å². The minimum Gasteiger partial charge on any atom is -0.465 e. The molecule has 1 unspecified atom stereocenters. The quantitative estimate of drug-likeness (QED) is 0.647. The summed E-state index contributed by atoms with van der Waals surface area (Å²) in [6.07, 6.45) is 0.105. The first-order valence-electron chi connectivity index (χ1n) is 6.00. The fourth-order valence-electron chi connectivity index (χ4n) is 1.73. The average Bonchev–Trinajstić information content (AvgIpc) is 2.24. The number of ether oxygens (including phenoxy) is 1. The number of hydrogen-bond donors (Lipinski definition) is 3. The minimum atomic E-state index is -0.932. The molecule has 0 spiro atoms. The Kier molecular flexibility index (Phi) is 4.77. The number of piperidine rings is 1. The number of carbonyl (C=O) groups is 2. The molecule has 7 heteroatoms. The zero-order chi connectivity index (χ0) is 13.8. The summed E-state index contributed by atoms with van der Waals surface area (Å²) in [5, 5.41) is 8.87. The van der Waals surface area contributed by atoms with Crippen molar-refractivity contribution in [1.29, 1.82) is 0 Å². The molecule has 0 saturated carbocycles. The van der Waals surface area contributed by atoms with Gasteiger partial charge in [0.25, 0.3) is 0 Å². The summed E-state index contributed by atoms with van der Waals surface area (Å²) >= 11 is 0. The van der Waals surface area contributed by atoms with Crippen LogP contribution in [0.1, 0.15) is 33.6 Å². The molecular weight excluding hydrogens is 238 g/mol. The van der Waals surface area contributed by atoms with E-state index in [1.54, 1.807) is 20.8 Å². The molecule has 0 aromatic heterocycles. The molecule has 1 atom stereocenters. The van der Waals surface area contributed by atoms with E-state index in [2.05, 4.69) is 10.9 Å². The summed E-state index contributed by atoms with van der Waals surface area (Å²) in [7, 11) is 0. The van der Waals surface area contributed by atoms with Crippen LogP contribution < -0.4 is 10.9 Å². The fraction of sp³-hybridized carbons (Fsp3) is 0.818. The van der Waals surface area contributed by atoms with Crippen molar-refractivity contribution in [3.63, 3.8) is 0 Å². The molecule has 1 rings (SSSR count). The maximum Gasteiger partial charge on any atom is 0.422 e. The molecule has 1 aliphatic rings. The van der Waals surface area contributed by atoms with Crippen LogP contribution in [0.2, 0.25) is 0 Å². The van der Waals surface area contributed by atoms with Crippen LogP contribution in [0.4, 0.5) is 9.59 Å². The van der Waals surface area contributed by atoms with E-state index >= 15 is 0 Å². The molecule has 0 radical (unpaired) electrons. The highest BCUT2D eigenvalue weighted by molar-refractivity contribution is 5.67. The largest absolute Gasteiger partial charge is 0.465 e. The van der Waals surface area contributed by atoms with Gasteiger partial charge in [-0.1, -0.05) is 0 Å². The van der Waals surface area contributed by atoms with Crippen molar-refractivity contribution in [2.45, 2.75) is 45.3 Å². The van der Waals surface area contributed by atoms with Crippen LogP contribution in [-0.2, 0) is 4.74 Å². The molecule has 0 aliphatic carbocycles. The molecule has 1 fully saturated rings. The third-order valence-corrected chi connectivity index (χ3v) is 2.47. The predicted molar refractivity (Wildman–Crippen MR) is 65.1 cm³/mol. The smallest absolute Gasteiger partial charge is 0.422 e. The maximum absolute atomic E-state index is 11.4. The molecule has 18 heavy (non-hydrogen) atoms. The highest BCUT2D eigenvalue weighted by Gasteiger charge is 2.24. The van der Waals surface area contributed by atoms with Crippen LogP contribution in [0, 0.1) is 0 Å². The molecule has 3 N–H and O–H groups in total. The molecule has 1 heterocycles. The highest BCUT2D eigenvalue weighted by atomic mass is 16.6. The van der Waals surface area contributed by atoms with E-state index in [4.69, 9.17) is 9.84 Å². The summed E-state index contributed by atoms with van der Waals surface area (Å²) < 4.78 is 5.06. The monoisotopic (exact) mass is 259 g/mol. The molecule has 0 aromatic carbocycles. The van der Waals surface area contributed by atoms with Crippen LogP contribution in [0.5, 0.6) is 0 Å². The molecular formula is C11H21N3O4. The lowest BCUT2D eigenvalue weighted by Crippen LogP contribution is -2.53. The van der Waals surface area contributed by atoms with E-state index in [0.717, 1.165) is 12.8 Å². The molecule has 7 nitrogen and oxygen atoms in total. The summed E-state index contributed by atoms with van der Waals surface area (Å²) in [5.74, 6) is 0. The van der Waals surface area contributed by atoms with Crippen molar-refractivity contribution < 1.29 is 19.4 Å². The number of likely N-dealkylation sites (tertiary alicyclic amines) is 1. The number of carbonyl (C=O) groups excluding carboxylic acids is 1. The zero-order valence-electron chi connectivity index (χ0n) is 11.0. The molecule has 1 saturated heterocycles. The van der Waals surface area contributed by atoms with Crippen LogP contribution in [-0.4, -0.2) is 46.9 Å². The second-order valence-electron chi connectivity index (χ2n) is 5.34. The van der Waals surface area contributed by atoms with Gasteiger partial charge < -0.3 is 14.7 Å². The lowest BCUT2D eigenvalue weighted by Gasteiger charge is -2.31. The normalized spacial score (nSPS) is 20.4. The summed E-state index contributed by atoms with van der Waals surface area (Å²) in [6.45, 7) is 6.24. The second kappa shape index (κ2) is 5.90.